The lowest BCUT2D eigenvalue weighted by Crippen LogP contribution is -2.49. The van der Waals surface area contributed by atoms with Crippen molar-refractivity contribution < 1.29 is 28.6 Å². The van der Waals surface area contributed by atoms with Crippen LogP contribution in [-0.2, 0) is 14.4 Å². The second-order valence-corrected chi connectivity index (χ2v) is 6.93. The van der Waals surface area contributed by atoms with Gasteiger partial charge in [-0.2, -0.15) is 0 Å². The first kappa shape index (κ1) is 20.7. The van der Waals surface area contributed by atoms with Gasteiger partial charge < -0.3 is 9.84 Å². The molecular formula is C19H25FN2O5. The van der Waals surface area contributed by atoms with Gasteiger partial charge >= 0.3 is 5.97 Å². The predicted octanol–water partition coefficient (Wildman–Crippen LogP) is 2.56. The highest BCUT2D eigenvalue weighted by molar-refractivity contribution is 5.87. The van der Waals surface area contributed by atoms with Crippen molar-refractivity contribution in [2.45, 2.75) is 58.0 Å². The van der Waals surface area contributed by atoms with Gasteiger partial charge in [0.2, 0.25) is 5.91 Å². The molecule has 0 radical (unpaired) electrons. The third kappa shape index (κ3) is 5.94. The Balaban J connectivity index is 1.85. The van der Waals surface area contributed by atoms with E-state index in [4.69, 9.17) is 4.74 Å². The van der Waals surface area contributed by atoms with Crippen molar-refractivity contribution in [1.29, 1.82) is 0 Å². The van der Waals surface area contributed by atoms with E-state index in [2.05, 4.69) is 10.9 Å². The molecule has 1 aliphatic rings. The maximum absolute atomic E-state index is 12.9. The second-order valence-electron chi connectivity index (χ2n) is 6.93. The molecule has 3 N–H and O–H groups in total. The van der Waals surface area contributed by atoms with Gasteiger partial charge in [0.25, 0.3) is 5.91 Å². The van der Waals surface area contributed by atoms with E-state index in [9.17, 15) is 23.9 Å². The van der Waals surface area contributed by atoms with Gasteiger partial charge in [0, 0.05) is 6.42 Å². The van der Waals surface area contributed by atoms with Crippen LogP contribution in [0.1, 0.15) is 51.9 Å². The summed E-state index contributed by atoms with van der Waals surface area (Å²) in [4.78, 5) is 35.9. The number of carboxylic acid groups (broad SMARTS) is 1. The summed E-state index contributed by atoms with van der Waals surface area (Å²) in [5, 5.41) is 9.60. The smallest absolute Gasteiger partial charge is 0.310 e. The van der Waals surface area contributed by atoms with Crippen LogP contribution in [0.25, 0.3) is 0 Å². The van der Waals surface area contributed by atoms with E-state index in [0.29, 0.717) is 18.6 Å². The number of benzene rings is 1. The van der Waals surface area contributed by atoms with E-state index in [1.165, 1.54) is 31.2 Å². The number of hydrogen-bond acceptors (Lipinski definition) is 4. The maximum atomic E-state index is 12.9. The molecule has 0 aromatic heterocycles. The van der Waals surface area contributed by atoms with Crippen LogP contribution in [0.5, 0.6) is 5.75 Å². The van der Waals surface area contributed by atoms with Crippen molar-refractivity contribution in [3.05, 3.63) is 30.1 Å². The molecule has 0 heterocycles. The van der Waals surface area contributed by atoms with E-state index in [1.54, 1.807) is 0 Å². The second kappa shape index (κ2) is 9.34. The minimum atomic E-state index is -1.08. The number of carboxylic acids is 1. The summed E-state index contributed by atoms with van der Waals surface area (Å²) in [6.07, 6.45) is 3.26. The molecule has 0 unspecified atom stereocenters. The molecule has 27 heavy (non-hydrogen) atoms. The van der Waals surface area contributed by atoms with E-state index in [1.807, 2.05) is 0 Å². The first-order valence-corrected chi connectivity index (χ1v) is 9.07. The summed E-state index contributed by atoms with van der Waals surface area (Å²) in [6.45, 7) is 1.48. The first-order chi connectivity index (χ1) is 12.8. The number of amides is 2. The Morgan fingerprint density at radius 2 is 1.70 bits per heavy atom. The average molecular weight is 380 g/mol. The Labute approximate surface area is 157 Å². The van der Waals surface area contributed by atoms with Gasteiger partial charge in [0.15, 0.2) is 6.10 Å². The molecule has 1 aromatic carbocycles. The standard InChI is InChI=1S/C19H25FN2O5/c1-13(27-15-8-6-14(20)7-9-15)17(24)22-21-16(23)12-19(18(25)26)10-4-2-3-5-11-19/h6-9,13H,2-5,10-12H2,1H3,(H,21,23)(H,22,24)(H,25,26)/t13-/m1/s1. The molecule has 1 fully saturated rings. The molecule has 0 saturated heterocycles. The monoisotopic (exact) mass is 380 g/mol. The van der Waals surface area contributed by atoms with Crippen LogP contribution in [0.2, 0.25) is 0 Å². The van der Waals surface area contributed by atoms with Crippen LogP contribution in [0, 0.1) is 11.2 Å². The number of ether oxygens (including phenoxy) is 1. The Bertz CT molecular complexity index is 669. The molecule has 1 aliphatic carbocycles. The highest BCUT2D eigenvalue weighted by Gasteiger charge is 2.40. The minimum Gasteiger partial charge on any atom is -0.481 e. The zero-order valence-electron chi connectivity index (χ0n) is 15.3. The topological polar surface area (TPSA) is 105 Å². The number of hydrazine groups is 1. The molecule has 0 spiro atoms. The number of carbonyl (C=O) groups excluding carboxylic acids is 2. The number of carbonyl (C=O) groups is 3. The minimum absolute atomic E-state index is 0.185. The van der Waals surface area contributed by atoms with Crippen LogP contribution in [0.3, 0.4) is 0 Å². The third-order valence-corrected chi connectivity index (χ3v) is 4.83. The summed E-state index contributed by atoms with van der Waals surface area (Å²) in [6, 6.07) is 5.19. The highest BCUT2D eigenvalue weighted by atomic mass is 19.1. The molecule has 1 atom stereocenters. The fourth-order valence-corrected chi connectivity index (χ4v) is 3.23. The fourth-order valence-electron chi connectivity index (χ4n) is 3.23. The van der Waals surface area contributed by atoms with Gasteiger partial charge in [-0.1, -0.05) is 25.7 Å². The fraction of sp³-hybridized carbons (Fsp3) is 0.526. The lowest BCUT2D eigenvalue weighted by atomic mass is 9.77. The zero-order chi connectivity index (χ0) is 19.9. The SMILES string of the molecule is C[C@@H](Oc1ccc(F)cc1)C(=O)NNC(=O)CC1(C(=O)O)CCCCCC1. The van der Waals surface area contributed by atoms with Gasteiger partial charge in [-0.25, -0.2) is 4.39 Å². The van der Waals surface area contributed by atoms with Crippen molar-refractivity contribution in [2.24, 2.45) is 5.41 Å². The molecule has 148 valence electrons. The Kier molecular flexibility index (Phi) is 7.15. The van der Waals surface area contributed by atoms with Crippen LogP contribution < -0.4 is 15.6 Å². The van der Waals surface area contributed by atoms with Crippen molar-refractivity contribution in [1.82, 2.24) is 10.9 Å². The molecule has 0 aliphatic heterocycles. The van der Waals surface area contributed by atoms with E-state index < -0.39 is 35.1 Å². The summed E-state index contributed by atoms with van der Waals surface area (Å²) in [5.41, 5.74) is 3.43. The molecule has 7 nitrogen and oxygen atoms in total. The van der Waals surface area contributed by atoms with Crippen molar-refractivity contribution in [3.8, 4) is 5.75 Å². The van der Waals surface area contributed by atoms with Crippen LogP contribution in [0.15, 0.2) is 24.3 Å². The van der Waals surface area contributed by atoms with Gasteiger partial charge in [-0.15, -0.1) is 0 Å². The number of aliphatic carboxylic acids is 1. The van der Waals surface area contributed by atoms with Gasteiger partial charge in [-0.05, 0) is 44.0 Å². The molecule has 1 aromatic rings. The van der Waals surface area contributed by atoms with E-state index in [-0.39, 0.29) is 6.42 Å². The van der Waals surface area contributed by atoms with Gasteiger partial charge in [0.05, 0.1) is 5.41 Å². The normalized spacial score (nSPS) is 17.3. The van der Waals surface area contributed by atoms with Crippen molar-refractivity contribution in [2.75, 3.05) is 0 Å². The van der Waals surface area contributed by atoms with Crippen LogP contribution in [0.4, 0.5) is 4.39 Å². The number of halogens is 1. The highest BCUT2D eigenvalue weighted by Crippen LogP contribution is 2.38. The van der Waals surface area contributed by atoms with Gasteiger partial charge in [-0.3, -0.25) is 25.2 Å². The maximum Gasteiger partial charge on any atom is 0.310 e. The largest absolute Gasteiger partial charge is 0.481 e. The molecule has 2 amide bonds. The summed E-state index contributed by atoms with van der Waals surface area (Å²) in [7, 11) is 0. The molecule has 8 heteroatoms. The first-order valence-electron chi connectivity index (χ1n) is 9.07. The molecule has 1 saturated carbocycles. The number of hydrogen-bond donors (Lipinski definition) is 3. The summed E-state index contributed by atoms with van der Waals surface area (Å²) in [5.74, 6) is -2.23. The lowest BCUT2D eigenvalue weighted by molar-refractivity contribution is -0.153. The van der Waals surface area contributed by atoms with Crippen LogP contribution in [-0.4, -0.2) is 29.0 Å². The lowest BCUT2D eigenvalue weighted by Gasteiger charge is -2.27. The predicted molar refractivity (Wildman–Crippen MR) is 95.2 cm³/mol. The van der Waals surface area contributed by atoms with E-state index >= 15 is 0 Å². The number of nitrogens with one attached hydrogen (secondary N) is 2. The average Bonchev–Trinajstić information content (AvgIpc) is 2.88. The number of rotatable bonds is 6. The Morgan fingerprint density at radius 3 is 2.26 bits per heavy atom. The van der Waals surface area contributed by atoms with Crippen molar-refractivity contribution >= 4 is 17.8 Å². The molecular weight excluding hydrogens is 355 g/mol. The van der Waals surface area contributed by atoms with Crippen LogP contribution >= 0.6 is 0 Å². The molecule has 0 bridgehead atoms. The molecule has 2 rings (SSSR count). The zero-order valence-corrected chi connectivity index (χ0v) is 15.3. The van der Waals surface area contributed by atoms with Crippen molar-refractivity contribution in [3.63, 3.8) is 0 Å². The third-order valence-electron chi connectivity index (χ3n) is 4.83. The Morgan fingerprint density at radius 1 is 1.11 bits per heavy atom. The Hall–Kier alpha value is -2.64. The van der Waals surface area contributed by atoms with E-state index in [0.717, 1.165) is 25.7 Å². The van der Waals surface area contributed by atoms with Gasteiger partial charge in [0.1, 0.15) is 11.6 Å². The summed E-state index contributed by atoms with van der Waals surface area (Å²) >= 11 is 0. The summed E-state index contributed by atoms with van der Waals surface area (Å²) < 4.78 is 18.2. The quantitative estimate of drug-likeness (QED) is 0.520.